The van der Waals surface area contributed by atoms with Gasteiger partial charge in [-0.3, -0.25) is 4.90 Å². The summed E-state index contributed by atoms with van der Waals surface area (Å²) in [6, 6.07) is 9.88. The number of rotatable bonds is 8. The minimum absolute atomic E-state index is 0.296. The van der Waals surface area contributed by atoms with E-state index in [1.165, 1.54) is 0 Å². The van der Waals surface area contributed by atoms with E-state index in [0.717, 1.165) is 61.9 Å². The van der Waals surface area contributed by atoms with Gasteiger partial charge < -0.3 is 18.6 Å². The lowest BCUT2D eigenvalue weighted by molar-refractivity contribution is 0.0652. The Morgan fingerprint density at radius 2 is 2.08 bits per heavy atom. The quantitative estimate of drug-likeness (QED) is 0.741. The van der Waals surface area contributed by atoms with Gasteiger partial charge >= 0.3 is 0 Å². The first-order valence-electron chi connectivity index (χ1n) is 8.35. The summed E-state index contributed by atoms with van der Waals surface area (Å²) in [6.45, 7) is 3.27. The lowest BCUT2D eigenvalue weighted by Gasteiger charge is -2.25. The highest BCUT2D eigenvalue weighted by molar-refractivity contribution is 5.40. The van der Waals surface area contributed by atoms with E-state index in [9.17, 15) is 0 Å². The Morgan fingerprint density at radius 3 is 2.75 bits per heavy atom. The minimum atomic E-state index is 0.296. The van der Waals surface area contributed by atoms with Crippen LogP contribution in [0.15, 0.2) is 41.0 Å². The van der Waals surface area contributed by atoms with Gasteiger partial charge in [0.15, 0.2) is 0 Å². The zero-order valence-corrected chi connectivity index (χ0v) is 14.4. The van der Waals surface area contributed by atoms with Crippen LogP contribution in [0.3, 0.4) is 0 Å². The molecule has 0 radical (unpaired) electrons. The molecular formula is C19H25NO4. The topological polar surface area (TPSA) is 44.1 Å². The molecular weight excluding hydrogens is 306 g/mol. The second-order valence-corrected chi connectivity index (χ2v) is 6.06. The van der Waals surface area contributed by atoms with Gasteiger partial charge in [-0.1, -0.05) is 6.07 Å². The van der Waals surface area contributed by atoms with Crippen molar-refractivity contribution in [2.45, 2.75) is 32.0 Å². The first-order chi connectivity index (χ1) is 11.8. The van der Waals surface area contributed by atoms with Crippen molar-refractivity contribution in [1.82, 2.24) is 4.90 Å². The predicted octanol–water partition coefficient (Wildman–Crippen LogP) is 3.48. The molecule has 5 heteroatoms. The molecule has 1 unspecified atom stereocenters. The summed E-state index contributed by atoms with van der Waals surface area (Å²) in [5.74, 6) is 2.60. The third-order valence-electron chi connectivity index (χ3n) is 4.33. The van der Waals surface area contributed by atoms with Gasteiger partial charge in [-0.05, 0) is 31.0 Å². The molecule has 2 aromatic rings. The summed E-state index contributed by atoms with van der Waals surface area (Å²) in [7, 11) is 3.35. The summed E-state index contributed by atoms with van der Waals surface area (Å²) in [4.78, 5) is 2.35. The van der Waals surface area contributed by atoms with Crippen molar-refractivity contribution < 1.29 is 18.6 Å². The van der Waals surface area contributed by atoms with Gasteiger partial charge in [0.1, 0.15) is 17.3 Å². The first kappa shape index (κ1) is 16.9. The number of methoxy groups -OCH3 is 2. The van der Waals surface area contributed by atoms with Crippen molar-refractivity contribution in [3.63, 3.8) is 0 Å². The van der Waals surface area contributed by atoms with Crippen LogP contribution in [0, 0.1) is 0 Å². The van der Waals surface area contributed by atoms with Crippen LogP contribution in [0.25, 0.3) is 0 Å². The van der Waals surface area contributed by atoms with Gasteiger partial charge in [0.05, 0.1) is 33.1 Å². The molecule has 1 atom stereocenters. The molecule has 1 saturated heterocycles. The van der Waals surface area contributed by atoms with E-state index in [4.69, 9.17) is 18.6 Å². The highest BCUT2D eigenvalue weighted by Crippen LogP contribution is 2.27. The zero-order valence-electron chi connectivity index (χ0n) is 14.4. The number of ether oxygens (including phenoxy) is 3. The van der Waals surface area contributed by atoms with E-state index in [0.29, 0.717) is 6.10 Å². The van der Waals surface area contributed by atoms with E-state index < -0.39 is 0 Å². The van der Waals surface area contributed by atoms with Gasteiger partial charge in [-0.15, -0.1) is 0 Å². The molecule has 0 saturated carbocycles. The molecule has 1 aromatic carbocycles. The molecule has 0 bridgehead atoms. The molecule has 5 nitrogen and oxygen atoms in total. The Morgan fingerprint density at radius 1 is 1.17 bits per heavy atom. The Bertz CT molecular complexity index is 620. The molecule has 0 aliphatic carbocycles. The molecule has 24 heavy (non-hydrogen) atoms. The first-order valence-corrected chi connectivity index (χ1v) is 8.35. The highest BCUT2D eigenvalue weighted by Gasteiger charge is 2.21. The third-order valence-corrected chi connectivity index (χ3v) is 4.33. The molecule has 1 fully saturated rings. The monoisotopic (exact) mass is 331 g/mol. The highest BCUT2D eigenvalue weighted by atomic mass is 16.5. The molecule has 0 spiro atoms. The minimum Gasteiger partial charge on any atom is -0.497 e. The van der Waals surface area contributed by atoms with E-state index >= 15 is 0 Å². The number of benzene rings is 1. The van der Waals surface area contributed by atoms with Gasteiger partial charge in [-0.25, -0.2) is 0 Å². The Hall–Kier alpha value is -1.98. The Labute approximate surface area is 143 Å². The predicted molar refractivity (Wildman–Crippen MR) is 91.3 cm³/mol. The summed E-state index contributed by atoms with van der Waals surface area (Å²) >= 11 is 0. The maximum atomic E-state index is 5.81. The van der Waals surface area contributed by atoms with Crippen molar-refractivity contribution in [3.05, 3.63) is 47.9 Å². The van der Waals surface area contributed by atoms with Crippen molar-refractivity contribution in [3.8, 4) is 11.5 Å². The molecule has 2 heterocycles. The van der Waals surface area contributed by atoms with Crippen molar-refractivity contribution in [2.75, 3.05) is 27.4 Å². The average molecular weight is 331 g/mol. The molecule has 3 rings (SSSR count). The van der Waals surface area contributed by atoms with Gasteiger partial charge in [0.25, 0.3) is 0 Å². The normalized spacial score (nSPS) is 17.4. The zero-order chi connectivity index (χ0) is 16.8. The van der Waals surface area contributed by atoms with E-state index in [-0.39, 0.29) is 0 Å². The smallest absolute Gasteiger partial charge is 0.127 e. The standard InChI is InChI=1S/C19H25NO4/c1-21-16-8-7-15(19(11-16)22-2)12-20(13-17-5-3-9-23-17)14-18-6-4-10-24-18/h3,5,7-9,11,18H,4,6,10,12-14H2,1-2H3. The fourth-order valence-electron chi connectivity index (χ4n) is 3.11. The molecule has 1 aliphatic rings. The lowest BCUT2D eigenvalue weighted by atomic mass is 10.1. The van der Waals surface area contributed by atoms with Crippen LogP contribution < -0.4 is 9.47 Å². The number of furan rings is 1. The average Bonchev–Trinajstić information content (AvgIpc) is 3.29. The van der Waals surface area contributed by atoms with Gasteiger partial charge in [0, 0.05) is 31.3 Å². The maximum absolute atomic E-state index is 5.81. The van der Waals surface area contributed by atoms with E-state index in [2.05, 4.69) is 11.0 Å². The van der Waals surface area contributed by atoms with E-state index in [1.54, 1.807) is 20.5 Å². The Kier molecular flexibility index (Phi) is 5.77. The lowest BCUT2D eigenvalue weighted by Crippen LogP contribution is -2.31. The summed E-state index contributed by atoms with van der Waals surface area (Å²) in [5.41, 5.74) is 1.13. The molecule has 130 valence electrons. The van der Waals surface area contributed by atoms with Crippen LogP contribution in [0.1, 0.15) is 24.2 Å². The molecule has 1 aliphatic heterocycles. The van der Waals surface area contributed by atoms with Crippen LogP contribution in [0.4, 0.5) is 0 Å². The van der Waals surface area contributed by atoms with Crippen LogP contribution in [0.5, 0.6) is 11.5 Å². The SMILES string of the molecule is COc1ccc(CN(Cc2ccco2)CC2CCCO2)c(OC)c1. The summed E-state index contributed by atoms with van der Waals surface area (Å²) in [6.07, 6.45) is 4.27. The maximum Gasteiger partial charge on any atom is 0.127 e. The fraction of sp³-hybridized carbons (Fsp3) is 0.474. The third kappa shape index (κ3) is 4.30. The summed E-state index contributed by atoms with van der Waals surface area (Å²) in [5, 5.41) is 0. The summed E-state index contributed by atoms with van der Waals surface area (Å²) < 4.78 is 22.1. The van der Waals surface area contributed by atoms with Crippen LogP contribution in [0.2, 0.25) is 0 Å². The Balaban J connectivity index is 1.74. The number of nitrogens with zero attached hydrogens (tertiary/aromatic N) is 1. The fourth-order valence-corrected chi connectivity index (χ4v) is 3.11. The molecule has 0 N–H and O–H groups in total. The second kappa shape index (κ2) is 8.22. The number of hydrogen-bond donors (Lipinski definition) is 0. The second-order valence-electron chi connectivity index (χ2n) is 6.06. The van der Waals surface area contributed by atoms with Crippen molar-refractivity contribution >= 4 is 0 Å². The number of hydrogen-bond acceptors (Lipinski definition) is 5. The van der Waals surface area contributed by atoms with Crippen molar-refractivity contribution in [2.24, 2.45) is 0 Å². The van der Waals surface area contributed by atoms with Gasteiger partial charge in [-0.2, -0.15) is 0 Å². The van der Waals surface area contributed by atoms with Gasteiger partial charge in [0.2, 0.25) is 0 Å². The van der Waals surface area contributed by atoms with Crippen LogP contribution in [-0.2, 0) is 17.8 Å². The van der Waals surface area contributed by atoms with Crippen LogP contribution >= 0.6 is 0 Å². The van der Waals surface area contributed by atoms with E-state index in [1.807, 2.05) is 24.3 Å². The molecule has 1 aromatic heterocycles. The largest absolute Gasteiger partial charge is 0.497 e. The van der Waals surface area contributed by atoms with Crippen LogP contribution in [-0.4, -0.2) is 38.4 Å². The van der Waals surface area contributed by atoms with Crippen molar-refractivity contribution in [1.29, 1.82) is 0 Å². The molecule has 0 amide bonds.